The number of carbonyl (C=O) groups is 2. The molecule has 0 aliphatic carbocycles. The second-order valence-corrected chi connectivity index (χ2v) is 6.03. The van der Waals surface area contributed by atoms with E-state index >= 15 is 0 Å². The highest BCUT2D eigenvalue weighted by Crippen LogP contribution is 2.22. The number of nitrogens with one attached hydrogen (secondary N) is 1. The van der Waals surface area contributed by atoms with E-state index in [1.54, 1.807) is 13.1 Å². The Morgan fingerprint density at radius 1 is 1.39 bits per heavy atom. The number of aliphatic hydroxyl groups is 1. The predicted molar refractivity (Wildman–Crippen MR) is 89.2 cm³/mol. The lowest BCUT2D eigenvalue weighted by Crippen LogP contribution is -2.35. The van der Waals surface area contributed by atoms with Gasteiger partial charge in [-0.15, -0.1) is 0 Å². The van der Waals surface area contributed by atoms with Crippen molar-refractivity contribution in [3.05, 3.63) is 35.4 Å². The van der Waals surface area contributed by atoms with Crippen LogP contribution in [0.3, 0.4) is 0 Å². The minimum atomic E-state index is -0.109. The van der Waals surface area contributed by atoms with E-state index in [9.17, 15) is 9.59 Å². The molecule has 1 aliphatic rings. The fraction of sp³-hybridized carbons (Fsp3) is 0.556. The SMILES string of the molecule is CNC(=O)c1cccc(CCC(=O)N2CCCC2CCCO)c1. The molecular weight excluding hydrogens is 292 g/mol. The third-order valence-corrected chi connectivity index (χ3v) is 4.44. The van der Waals surface area contributed by atoms with Crippen LogP contribution in [0, 0.1) is 0 Å². The first-order chi connectivity index (χ1) is 11.2. The van der Waals surface area contributed by atoms with Crippen molar-refractivity contribution in [2.45, 2.75) is 44.6 Å². The number of carbonyl (C=O) groups excluding carboxylic acids is 2. The molecule has 1 fully saturated rings. The molecule has 5 nitrogen and oxygen atoms in total. The second-order valence-electron chi connectivity index (χ2n) is 6.03. The lowest BCUT2D eigenvalue weighted by molar-refractivity contribution is -0.132. The van der Waals surface area contributed by atoms with E-state index in [1.165, 1.54) is 0 Å². The number of rotatable bonds is 7. The number of hydrogen-bond donors (Lipinski definition) is 2. The molecule has 0 radical (unpaired) electrons. The Morgan fingerprint density at radius 2 is 2.22 bits per heavy atom. The van der Waals surface area contributed by atoms with Crippen molar-refractivity contribution in [1.82, 2.24) is 10.2 Å². The summed E-state index contributed by atoms with van der Waals surface area (Å²) in [6.45, 7) is 1.01. The Hall–Kier alpha value is -1.88. The van der Waals surface area contributed by atoms with Gasteiger partial charge < -0.3 is 15.3 Å². The normalized spacial score (nSPS) is 17.3. The molecule has 1 atom stereocenters. The maximum Gasteiger partial charge on any atom is 0.251 e. The molecule has 1 heterocycles. The van der Waals surface area contributed by atoms with Crippen LogP contribution in [0.4, 0.5) is 0 Å². The van der Waals surface area contributed by atoms with Gasteiger partial charge in [0, 0.05) is 38.2 Å². The number of amides is 2. The zero-order valence-corrected chi connectivity index (χ0v) is 13.8. The Labute approximate surface area is 137 Å². The molecule has 1 aromatic carbocycles. The number of benzene rings is 1. The van der Waals surface area contributed by atoms with Gasteiger partial charge in [0.1, 0.15) is 0 Å². The summed E-state index contributed by atoms with van der Waals surface area (Å²) in [5, 5.41) is 11.6. The summed E-state index contributed by atoms with van der Waals surface area (Å²) in [6, 6.07) is 7.71. The molecule has 1 unspecified atom stereocenters. The molecule has 1 saturated heterocycles. The number of hydrogen-bond acceptors (Lipinski definition) is 3. The monoisotopic (exact) mass is 318 g/mol. The van der Waals surface area contributed by atoms with E-state index < -0.39 is 0 Å². The van der Waals surface area contributed by atoms with Crippen molar-refractivity contribution in [3.63, 3.8) is 0 Å². The van der Waals surface area contributed by atoms with E-state index in [4.69, 9.17) is 5.11 Å². The number of aryl methyl sites for hydroxylation is 1. The molecule has 2 N–H and O–H groups in total. The average Bonchev–Trinajstić information content (AvgIpc) is 3.06. The lowest BCUT2D eigenvalue weighted by Gasteiger charge is -2.24. The van der Waals surface area contributed by atoms with Gasteiger partial charge in [-0.2, -0.15) is 0 Å². The van der Waals surface area contributed by atoms with Crippen LogP contribution >= 0.6 is 0 Å². The van der Waals surface area contributed by atoms with Gasteiger partial charge in [0.25, 0.3) is 5.91 Å². The van der Waals surface area contributed by atoms with Gasteiger partial charge in [0.2, 0.25) is 5.91 Å². The zero-order valence-electron chi connectivity index (χ0n) is 13.8. The average molecular weight is 318 g/mol. The van der Waals surface area contributed by atoms with Crippen LogP contribution in [0.25, 0.3) is 0 Å². The molecule has 1 aromatic rings. The molecule has 0 aromatic heterocycles. The summed E-state index contributed by atoms with van der Waals surface area (Å²) >= 11 is 0. The molecule has 126 valence electrons. The minimum absolute atomic E-state index is 0.109. The number of nitrogens with zero attached hydrogens (tertiary/aromatic N) is 1. The first-order valence-corrected chi connectivity index (χ1v) is 8.37. The van der Waals surface area contributed by atoms with Crippen molar-refractivity contribution in [2.24, 2.45) is 0 Å². The van der Waals surface area contributed by atoms with E-state index in [-0.39, 0.29) is 24.5 Å². The van der Waals surface area contributed by atoms with Crippen LogP contribution < -0.4 is 5.32 Å². The molecule has 5 heteroatoms. The van der Waals surface area contributed by atoms with Crippen molar-refractivity contribution in [1.29, 1.82) is 0 Å². The van der Waals surface area contributed by atoms with Crippen LogP contribution in [0.15, 0.2) is 24.3 Å². The van der Waals surface area contributed by atoms with Crippen molar-refractivity contribution in [3.8, 4) is 0 Å². The van der Waals surface area contributed by atoms with Crippen molar-refractivity contribution < 1.29 is 14.7 Å². The van der Waals surface area contributed by atoms with E-state index in [0.29, 0.717) is 18.4 Å². The fourth-order valence-electron chi connectivity index (χ4n) is 3.20. The van der Waals surface area contributed by atoms with Gasteiger partial charge in [-0.3, -0.25) is 9.59 Å². The highest BCUT2D eigenvalue weighted by atomic mass is 16.3. The summed E-state index contributed by atoms with van der Waals surface area (Å²) in [7, 11) is 1.61. The quantitative estimate of drug-likeness (QED) is 0.804. The summed E-state index contributed by atoms with van der Waals surface area (Å²) in [4.78, 5) is 26.1. The van der Waals surface area contributed by atoms with Crippen LogP contribution in [-0.4, -0.2) is 48.1 Å². The molecule has 1 aliphatic heterocycles. The van der Waals surface area contributed by atoms with E-state index in [2.05, 4.69) is 5.32 Å². The van der Waals surface area contributed by atoms with Crippen molar-refractivity contribution >= 4 is 11.8 Å². The largest absolute Gasteiger partial charge is 0.396 e. The minimum Gasteiger partial charge on any atom is -0.396 e. The summed E-state index contributed by atoms with van der Waals surface area (Å²) in [5.74, 6) is 0.0672. The molecule has 0 saturated carbocycles. The molecule has 0 spiro atoms. The van der Waals surface area contributed by atoms with Gasteiger partial charge >= 0.3 is 0 Å². The first kappa shape index (κ1) is 17.5. The smallest absolute Gasteiger partial charge is 0.251 e. The predicted octanol–water partition coefficient (Wildman–Crippen LogP) is 1.74. The number of aliphatic hydroxyl groups excluding tert-OH is 1. The maximum absolute atomic E-state index is 12.5. The molecule has 0 bridgehead atoms. The second kappa shape index (κ2) is 8.67. The lowest BCUT2D eigenvalue weighted by atomic mass is 10.0. The Balaban J connectivity index is 1.90. The maximum atomic E-state index is 12.5. The summed E-state index contributed by atoms with van der Waals surface area (Å²) in [6.07, 6.45) is 4.84. The third kappa shape index (κ3) is 4.79. The standard InChI is InChI=1S/C18H26N2O3/c1-19-18(23)15-6-2-5-14(13-15)9-10-17(22)20-11-3-7-16(20)8-4-12-21/h2,5-6,13,16,21H,3-4,7-12H2,1H3,(H,19,23). The summed E-state index contributed by atoms with van der Waals surface area (Å²) in [5.41, 5.74) is 1.63. The Kier molecular flexibility index (Phi) is 6.59. The summed E-state index contributed by atoms with van der Waals surface area (Å²) < 4.78 is 0. The van der Waals surface area contributed by atoms with Gasteiger partial charge in [-0.1, -0.05) is 12.1 Å². The van der Waals surface area contributed by atoms with E-state index in [0.717, 1.165) is 37.8 Å². The van der Waals surface area contributed by atoms with Gasteiger partial charge in [-0.05, 0) is 49.8 Å². The van der Waals surface area contributed by atoms with Gasteiger partial charge in [0.15, 0.2) is 0 Å². The van der Waals surface area contributed by atoms with Crippen LogP contribution in [0.5, 0.6) is 0 Å². The van der Waals surface area contributed by atoms with Crippen LogP contribution in [0.2, 0.25) is 0 Å². The highest BCUT2D eigenvalue weighted by Gasteiger charge is 2.27. The molecule has 2 amide bonds. The van der Waals surface area contributed by atoms with Crippen LogP contribution in [0.1, 0.15) is 48.0 Å². The molecule has 2 rings (SSSR count). The highest BCUT2D eigenvalue weighted by molar-refractivity contribution is 5.94. The Morgan fingerprint density at radius 3 is 2.96 bits per heavy atom. The number of likely N-dealkylation sites (tertiary alicyclic amines) is 1. The first-order valence-electron chi connectivity index (χ1n) is 8.37. The van der Waals surface area contributed by atoms with Crippen molar-refractivity contribution in [2.75, 3.05) is 20.2 Å². The van der Waals surface area contributed by atoms with Gasteiger partial charge in [0.05, 0.1) is 0 Å². The topological polar surface area (TPSA) is 69.6 Å². The van der Waals surface area contributed by atoms with E-state index in [1.807, 2.05) is 23.1 Å². The zero-order chi connectivity index (χ0) is 16.7. The van der Waals surface area contributed by atoms with Gasteiger partial charge in [-0.25, -0.2) is 0 Å². The van der Waals surface area contributed by atoms with Crippen LogP contribution in [-0.2, 0) is 11.2 Å². The third-order valence-electron chi connectivity index (χ3n) is 4.44. The molecular formula is C18H26N2O3. The molecule has 23 heavy (non-hydrogen) atoms. The Bertz CT molecular complexity index is 545. The fourth-order valence-corrected chi connectivity index (χ4v) is 3.20.